The zero-order valence-corrected chi connectivity index (χ0v) is 14.1. The third-order valence-corrected chi connectivity index (χ3v) is 3.75. The fraction of sp³-hybridized carbons (Fsp3) is 0.100. The second-order valence-corrected chi connectivity index (χ2v) is 5.81. The second-order valence-electron chi connectivity index (χ2n) is 5.81. The Morgan fingerprint density at radius 1 is 1.16 bits per heavy atom. The number of carbonyl (C=O) groups excluding carboxylic acids is 1. The van der Waals surface area contributed by atoms with Gasteiger partial charge in [0.1, 0.15) is 5.82 Å². The topological polar surface area (TPSA) is 78.7 Å². The number of allylic oxidation sites excluding steroid dienone is 1. The minimum Gasteiger partial charge on any atom is -0.307 e. The number of nitrogens with zero attached hydrogens (tertiary/aromatic N) is 2. The molecule has 0 saturated carbocycles. The van der Waals surface area contributed by atoms with Crippen LogP contribution in [0.2, 0.25) is 0 Å². The van der Waals surface area contributed by atoms with Crippen LogP contribution in [0.3, 0.4) is 0 Å². The van der Waals surface area contributed by atoms with E-state index in [-0.39, 0.29) is 5.91 Å². The first kappa shape index (κ1) is 16.5. The molecule has 0 atom stereocenters. The number of carbonyl (C=O) groups is 1. The third kappa shape index (κ3) is 3.95. The quantitative estimate of drug-likeness (QED) is 0.562. The first-order valence-electron chi connectivity index (χ1n) is 7.90. The summed E-state index contributed by atoms with van der Waals surface area (Å²) in [5.74, 6) is 0.145. The lowest BCUT2D eigenvalue weighted by Crippen LogP contribution is -2.15. The van der Waals surface area contributed by atoms with Crippen LogP contribution in [0.1, 0.15) is 18.1 Å². The number of rotatable bonds is 4. The molecule has 25 heavy (non-hydrogen) atoms. The average molecular weight is 330 g/mol. The molecule has 5 heteroatoms. The highest BCUT2D eigenvalue weighted by Gasteiger charge is 2.08. The number of fused-ring (bicyclic) bond motifs is 1. The number of pyridine rings is 2. The molecule has 0 radical (unpaired) electrons. The number of nitrogens with one attached hydrogen (secondary N) is 2. The van der Waals surface area contributed by atoms with Gasteiger partial charge in [-0.25, -0.2) is 9.97 Å². The van der Waals surface area contributed by atoms with Crippen LogP contribution >= 0.6 is 0 Å². The zero-order chi connectivity index (χ0) is 17.8. The molecular formula is C20H18N4O. The minimum absolute atomic E-state index is 0.291. The Bertz CT molecular complexity index is 992. The molecule has 0 aliphatic heterocycles. The Morgan fingerprint density at radius 3 is 2.80 bits per heavy atom. The standard InChI is InChI=1S/C20H18N4O/c1-13-5-3-6-16(11-13)17(21)12-14(2)20(25)24-18-9-8-15-7-4-10-22-19(15)23-18/h3-12,21H,1-2H3,(H,22,23,24,25)/b14-12+,21-17?. The summed E-state index contributed by atoms with van der Waals surface area (Å²) in [5, 5.41) is 11.8. The molecule has 5 nitrogen and oxygen atoms in total. The molecule has 3 rings (SSSR count). The van der Waals surface area contributed by atoms with E-state index in [0.29, 0.717) is 22.7 Å². The van der Waals surface area contributed by atoms with Gasteiger partial charge in [-0.2, -0.15) is 0 Å². The van der Waals surface area contributed by atoms with Gasteiger partial charge in [0.2, 0.25) is 0 Å². The summed E-state index contributed by atoms with van der Waals surface area (Å²) in [5.41, 5.74) is 3.17. The van der Waals surface area contributed by atoms with Crippen LogP contribution in [0.4, 0.5) is 5.82 Å². The number of hydrogen-bond acceptors (Lipinski definition) is 4. The van der Waals surface area contributed by atoms with Crippen LogP contribution in [0, 0.1) is 12.3 Å². The number of benzene rings is 1. The highest BCUT2D eigenvalue weighted by molar-refractivity contribution is 6.13. The maximum Gasteiger partial charge on any atom is 0.252 e. The Kier molecular flexibility index (Phi) is 4.66. The molecule has 0 aliphatic rings. The Balaban J connectivity index is 1.76. The van der Waals surface area contributed by atoms with Gasteiger partial charge in [-0.3, -0.25) is 4.79 Å². The molecule has 0 aliphatic carbocycles. The molecule has 2 N–H and O–H groups in total. The van der Waals surface area contributed by atoms with Crippen LogP contribution in [0.5, 0.6) is 0 Å². The monoisotopic (exact) mass is 330 g/mol. The van der Waals surface area contributed by atoms with E-state index in [9.17, 15) is 4.79 Å². The van der Waals surface area contributed by atoms with E-state index in [4.69, 9.17) is 5.41 Å². The van der Waals surface area contributed by atoms with E-state index in [1.54, 1.807) is 25.3 Å². The van der Waals surface area contributed by atoms with E-state index < -0.39 is 0 Å². The van der Waals surface area contributed by atoms with E-state index in [2.05, 4.69) is 15.3 Å². The van der Waals surface area contributed by atoms with Crippen LogP contribution in [-0.4, -0.2) is 21.6 Å². The first-order valence-corrected chi connectivity index (χ1v) is 7.90. The number of amides is 1. The maximum atomic E-state index is 12.3. The molecule has 0 spiro atoms. The van der Waals surface area contributed by atoms with Crippen molar-refractivity contribution in [2.45, 2.75) is 13.8 Å². The fourth-order valence-electron chi connectivity index (χ4n) is 2.42. The highest BCUT2D eigenvalue weighted by atomic mass is 16.1. The summed E-state index contributed by atoms with van der Waals surface area (Å²) >= 11 is 0. The highest BCUT2D eigenvalue weighted by Crippen LogP contribution is 2.13. The van der Waals surface area contributed by atoms with Crippen molar-refractivity contribution in [3.8, 4) is 0 Å². The molecule has 0 fully saturated rings. The summed E-state index contributed by atoms with van der Waals surface area (Å²) in [6.07, 6.45) is 3.22. The van der Waals surface area contributed by atoms with Crippen LogP contribution in [-0.2, 0) is 4.79 Å². The summed E-state index contributed by atoms with van der Waals surface area (Å²) in [6, 6.07) is 15.0. The lowest BCUT2D eigenvalue weighted by Gasteiger charge is -2.06. The van der Waals surface area contributed by atoms with Crippen LogP contribution < -0.4 is 5.32 Å². The van der Waals surface area contributed by atoms with Crippen LogP contribution in [0.25, 0.3) is 11.0 Å². The molecular weight excluding hydrogens is 312 g/mol. The molecule has 3 aromatic rings. The number of aryl methyl sites for hydroxylation is 1. The van der Waals surface area contributed by atoms with E-state index in [1.165, 1.54) is 0 Å². The Labute approximate surface area is 146 Å². The van der Waals surface area contributed by atoms with Gasteiger partial charge < -0.3 is 10.7 Å². The fourth-order valence-corrected chi connectivity index (χ4v) is 2.42. The molecule has 0 bridgehead atoms. The van der Waals surface area contributed by atoms with E-state index >= 15 is 0 Å². The van der Waals surface area contributed by atoms with Gasteiger partial charge in [-0.1, -0.05) is 23.8 Å². The van der Waals surface area contributed by atoms with Gasteiger partial charge in [0.15, 0.2) is 5.65 Å². The lowest BCUT2D eigenvalue weighted by molar-refractivity contribution is -0.112. The third-order valence-electron chi connectivity index (χ3n) is 3.75. The van der Waals surface area contributed by atoms with Crippen molar-refractivity contribution in [3.05, 3.63) is 77.5 Å². The number of anilines is 1. The molecule has 124 valence electrons. The van der Waals surface area contributed by atoms with Crippen LogP contribution in [0.15, 0.2) is 66.4 Å². The summed E-state index contributed by atoms with van der Waals surface area (Å²) in [4.78, 5) is 20.8. The Morgan fingerprint density at radius 2 is 2.00 bits per heavy atom. The smallest absolute Gasteiger partial charge is 0.252 e. The molecule has 0 unspecified atom stereocenters. The van der Waals surface area contributed by atoms with Gasteiger partial charge in [0, 0.05) is 17.2 Å². The summed E-state index contributed by atoms with van der Waals surface area (Å²) < 4.78 is 0. The lowest BCUT2D eigenvalue weighted by atomic mass is 10.1. The predicted octanol–water partition coefficient (Wildman–Crippen LogP) is 3.89. The van der Waals surface area contributed by atoms with Gasteiger partial charge in [-0.05, 0) is 55.8 Å². The molecule has 2 aromatic heterocycles. The van der Waals surface area contributed by atoms with Gasteiger partial charge >= 0.3 is 0 Å². The maximum absolute atomic E-state index is 12.3. The van der Waals surface area contributed by atoms with E-state index in [0.717, 1.165) is 16.5 Å². The number of hydrogen-bond donors (Lipinski definition) is 2. The van der Waals surface area contributed by atoms with Crippen molar-refractivity contribution in [3.63, 3.8) is 0 Å². The zero-order valence-electron chi connectivity index (χ0n) is 14.1. The van der Waals surface area contributed by atoms with Crippen molar-refractivity contribution >= 4 is 28.5 Å². The van der Waals surface area contributed by atoms with Crippen molar-refractivity contribution in [1.29, 1.82) is 5.41 Å². The van der Waals surface area contributed by atoms with Crippen molar-refractivity contribution < 1.29 is 4.79 Å². The van der Waals surface area contributed by atoms with Crippen molar-refractivity contribution in [2.24, 2.45) is 0 Å². The van der Waals surface area contributed by atoms with Crippen molar-refractivity contribution in [1.82, 2.24) is 9.97 Å². The normalized spacial score (nSPS) is 11.4. The summed E-state index contributed by atoms with van der Waals surface area (Å²) in [6.45, 7) is 3.65. The Hall–Kier alpha value is -3.34. The van der Waals surface area contributed by atoms with E-state index in [1.807, 2.05) is 49.4 Å². The SMILES string of the molecule is C/C(=C\C(=N)c1cccc(C)c1)C(=O)Nc1ccc2cccnc2n1. The minimum atomic E-state index is -0.291. The predicted molar refractivity (Wildman–Crippen MR) is 99.9 cm³/mol. The van der Waals surface area contributed by atoms with Gasteiger partial charge in [0.05, 0.1) is 5.71 Å². The summed E-state index contributed by atoms with van der Waals surface area (Å²) in [7, 11) is 0. The first-order chi connectivity index (χ1) is 12.0. The van der Waals surface area contributed by atoms with Gasteiger partial charge in [0.25, 0.3) is 5.91 Å². The molecule has 0 saturated heterocycles. The largest absolute Gasteiger partial charge is 0.307 e. The molecule has 1 amide bonds. The molecule has 2 heterocycles. The average Bonchev–Trinajstić information content (AvgIpc) is 2.61. The van der Waals surface area contributed by atoms with Crippen molar-refractivity contribution in [2.75, 3.05) is 5.32 Å². The molecule has 1 aromatic carbocycles. The second kappa shape index (κ2) is 7.05. The number of aromatic nitrogens is 2. The van der Waals surface area contributed by atoms with Gasteiger partial charge in [-0.15, -0.1) is 0 Å².